The van der Waals surface area contributed by atoms with Gasteiger partial charge in [0.2, 0.25) is 0 Å². The predicted molar refractivity (Wildman–Crippen MR) is 75.0 cm³/mol. The largest absolute Gasteiger partial charge is 0.271 e. The zero-order valence-corrected chi connectivity index (χ0v) is 12.2. The van der Waals surface area contributed by atoms with Crippen LogP contribution in [0.3, 0.4) is 0 Å². The van der Waals surface area contributed by atoms with Crippen molar-refractivity contribution in [1.82, 2.24) is 5.43 Å². The molecule has 0 heterocycles. The van der Waals surface area contributed by atoms with Gasteiger partial charge in [0.25, 0.3) is 0 Å². The fourth-order valence-corrected chi connectivity index (χ4v) is 2.82. The molecule has 0 aliphatic carbocycles. The molecule has 3 N–H and O–H groups in total. The molecule has 1 rings (SSSR count). The molecule has 4 nitrogen and oxygen atoms in total. The fraction of sp³-hybridized carbons (Fsp3) is 0.538. The van der Waals surface area contributed by atoms with Crippen molar-refractivity contribution >= 4 is 9.84 Å². The van der Waals surface area contributed by atoms with Crippen molar-refractivity contribution in [3.05, 3.63) is 34.9 Å². The highest BCUT2D eigenvalue weighted by atomic mass is 32.2. The van der Waals surface area contributed by atoms with Crippen molar-refractivity contribution in [1.29, 1.82) is 0 Å². The molecule has 18 heavy (non-hydrogen) atoms. The summed E-state index contributed by atoms with van der Waals surface area (Å²) in [5, 5.41) is -0.512. The molecule has 0 aliphatic rings. The Bertz CT molecular complexity index is 491. The molecule has 0 aliphatic heterocycles. The van der Waals surface area contributed by atoms with Crippen LogP contribution in [0.1, 0.15) is 23.6 Å². The monoisotopic (exact) mass is 270 g/mol. The van der Waals surface area contributed by atoms with E-state index in [1.165, 1.54) is 6.26 Å². The van der Waals surface area contributed by atoms with Gasteiger partial charge in [-0.15, -0.1) is 0 Å². The smallest absolute Gasteiger partial charge is 0.151 e. The van der Waals surface area contributed by atoms with Gasteiger partial charge in [0, 0.05) is 12.3 Å². The van der Waals surface area contributed by atoms with Crippen molar-refractivity contribution in [2.75, 3.05) is 6.26 Å². The second kappa shape index (κ2) is 5.82. The van der Waals surface area contributed by atoms with Gasteiger partial charge in [0.05, 0.1) is 5.25 Å². The minimum Gasteiger partial charge on any atom is -0.271 e. The van der Waals surface area contributed by atoms with E-state index in [9.17, 15) is 8.42 Å². The SMILES string of the molecule is Cc1cccc(C)c1CC(NN)C(C)S(C)(=O)=O. The molecule has 1 aromatic carbocycles. The number of rotatable bonds is 5. The van der Waals surface area contributed by atoms with Gasteiger partial charge < -0.3 is 0 Å². The van der Waals surface area contributed by atoms with Gasteiger partial charge in [-0.2, -0.15) is 0 Å². The molecule has 0 saturated heterocycles. The molecular weight excluding hydrogens is 248 g/mol. The first-order valence-electron chi connectivity index (χ1n) is 5.97. The van der Waals surface area contributed by atoms with E-state index < -0.39 is 15.1 Å². The Kier molecular flexibility index (Phi) is 4.90. The first kappa shape index (κ1) is 15.1. The van der Waals surface area contributed by atoms with Crippen LogP contribution < -0.4 is 11.3 Å². The maximum atomic E-state index is 11.6. The zero-order chi connectivity index (χ0) is 13.9. The lowest BCUT2D eigenvalue weighted by Gasteiger charge is -2.23. The Morgan fingerprint density at radius 2 is 1.78 bits per heavy atom. The highest BCUT2D eigenvalue weighted by Crippen LogP contribution is 2.18. The molecule has 0 fully saturated rings. The van der Waals surface area contributed by atoms with Crippen LogP contribution in [0, 0.1) is 13.8 Å². The van der Waals surface area contributed by atoms with Crippen LogP contribution in [0.5, 0.6) is 0 Å². The van der Waals surface area contributed by atoms with Crippen molar-refractivity contribution < 1.29 is 8.42 Å². The molecule has 0 radical (unpaired) electrons. The summed E-state index contributed by atoms with van der Waals surface area (Å²) in [6, 6.07) is 5.78. The topological polar surface area (TPSA) is 72.2 Å². The Morgan fingerprint density at radius 1 is 1.28 bits per heavy atom. The van der Waals surface area contributed by atoms with Gasteiger partial charge in [0.15, 0.2) is 9.84 Å². The number of aryl methyl sites for hydroxylation is 2. The summed E-state index contributed by atoms with van der Waals surface area (Å²) in [6.45, 7) is 5.75. The van der Waals surface area contributed by atoms with Crippen molar-refractivity contribution in [2.24, 2.45) is 5.84 Å². The number of hydrazine groups is 1. The van der Waals surface area contributed by atoms with Gasteiger partial charge >= 0.3 is 0 Å². The van der Waals surface area contributed by atoms with E-state index in [-0.39, 0.29) is 6.04 Å². The van der Waals surface area contributed by atoms with Gasteiger partial charge in [-0.1, -0.05) is 18.2 Å². The second-order valence-electron chi connectivity index (χ2n) is 4.88. The maximum Gasteiger partial charge on any atom is 0.151 e. The Balaban J connectivity index is 3.01. The van der Waals surface area contributed by atoms with Crippen LogP contribution in [0.25, 0.3) is 0 Å². The summed E-state index contributed by atoms with van der Waals surface area (Å²) in [6.07, 6.45) is 1.86. The van der Waals surface area contributed by atoms with E-state index >= 15 is 0 Å². The molecule has 0 bridgehead atoms. The Morgan fingerprint density at radius 3 is 2.17 bits per heavy atom. The normalized spacial score (nSPS) is 15.4. The van der Waals surface area contributed by atoms with E-state index in [0.29, 0.717) is 6.42 Å². The number of nitrogens with one attached hydrogen (secondary N) is 1. The summed E-state index contributed by atoms with van der Waals surface area (Å²) in [4.78, 5) is 0. The number of hydrogen-bond acceptors (Lipinski definition) is 4. The third-order valence-electron chi connectivity index (χ3n) is 3.52. The molecule has 0 amide bonds. The first-order chi connectivity index (χ1) is 8.27. The second-order valence-corrected chi connectivity index (χ2v) is 7.28. The summed E-state index contributed by atoms with van der Waals surface area (Å²) in [7, 11) is -3.10. The lowest BCUT2D eigenvalue weighted by atomic mass is 9.95. The molecule has 0 spiro atoms. The van der Waals surface area contributed by atoms with Crippen LogP contribution >= 0.6 is 0 Å². The molecule has 1 aromatic rings. The predicted octanol–water partition coefficient (Wildman–Crippen LogP) is 1.11. The molecule has 2 unspecified atom stereocenters. The highest BCUT2D eigenvalue weighted by Gasteiger charge is 2.25. The van der Waals surface area contributed by atoms with Crippen LogP contribution in [0.4, 0.5) is 0 Å². The minimum absolute atomic E-state index is 0.278. The Hall–Kier alpha value is -0.910. The van der Waals surface area contributed by atoms with Gasteiger partial charge in [-0.25, -0.2) is 8.42 Å². The van der Waals surface area contributed by atoms with E-state index in [2.05, 4.69) is 5.43 Å². The lowest BCUT2D eigenvalue weighted by Crippen LogP contribution is -2.47. The number of hydrogen-bond donors (Lipinski definition) is 2. The number of benzene rings is 1. The van der Waals surface area contributed by atoms with E-state index in [1.54, 1.807) is 6.92 Å². The molecule has 0 aromatic heterocycles. The van der Waals surface area contributed by atoms with Gasteiger partial charge in [-0.05, 0) is 43.9 Å². The van der Waals surface area contributed by atoms with Gasteiger partial charge in [0.1, 0.15) is 0 Å². The van der Waals surface area contributed by atoms with E-state index in [4.69, 9.17) is 5.84 Å². The summed E-state index contributed by atoms with van der Waals surface area (Å²) < 4.78 is 23.2. The Labute approximate surface area is 109 Å². The molecule has 0 saturated carbocycles. The summed E-state index contributed by atoms with van der Waals surface area (Å²) in [5.41, 5.74) is 6.12. The zero-order valence-electron chi connectivity index (χ0n) is 11.4. The minimum atomic E-state index is -3.10. The molecular formula is C13H22N2O2S. The van der Waals surface area contributed by atoms with Crippen LogP contribution in [0.2, 0.25) is 0 Å². The van der Waals surface area contributed by atoms with E-state index in [1.807, 2.05) is 32.0 Å². The van der Waals surface area contributed by atoms with Crippen LogP contribution in [-0.2, 0) is 16.3 Å². The van der Waals surface area contributed by atoms with Crippen LogP contribution in [0.15, 0.2) is 18.2 Å². The maximum absolute atomic E-state index is 11.6. The third kappa shape index (κ3) is 3.54. The van der Waals surface area contributed by atoms with Gasteiger partial charge in [-0.3, -0.25) is 11.3 Å². The fourth-order valence-electron chi connectivity index (χ4n) is 2.05. The number of nitrogens with two attached hydrogens (primary N) is 1. The average Bonchev–Trinajstić information content (AvgIpc) is 2.27. The molecule has 2 atom stereocenters. The molecule has 102 valence electrons. The van der Waals surface area contributed by atoms with Crippen molar-refractivity contribution in [2.45, 2.75) is 38.5 Å². The summed E-state index contributed by atoms with van der Waals surface area (Å²) >= 11 is 0. The molecule has 5 heteroatoms. The standard InChI is InChI=1S/C13H22N2O2S/c1-9-6-5-7-10(2)12(9)8-13(15-14)11(3)18(4,16)17/h5-7,11,13,15H,8,14H2,1-4H3. The van der Waals surface area contributed by atoms with E-state index in [0.717, 1.165) is 16.7 Å². The quantitative estimate of drug-likeness (QED) is 0.621. The summed E-state index contributed by atoms with van der Waals surface area (Å²) in [5.74, 6) is 5.50. The van der Waals surface area contributed by atoms with Crippen molar-refractivity contribution in [3.8, 4) is 0 Å². The average molecular weight is 270 g/mol. The third-order valence-corrected chi connectivity index (χ3v) is 5.20. The number of sulfone groups is 1. The van der Waals surface area contributed by atoms with Crippen LogP contribution in [-0.4, -0.2) is 26.0 Å². The highest BCUT2D eigenvalue weighted by molar-refractivity contribution is 7.91. The first-order valence-corrected chi connectivity index (χ1v) is 7.93. The lowest BCUT2D eigenvalue weighted by molar-refractivity contribution is 0.492. The van der Waals surface area contributed by atoms with Crippen molar-refractivity contribution in [3.63, 3.8) is 0 Å².